The molecule has 1 fully saturated rings. The Bertz CT molecular complexity index is 1560. The van der Waals surface area contributed by atoms with Gasteiger partial charge in [0.05, 0.1) is 24.1 Å². The first-order valence-electron chi connectivity index (χ1n) is 14.0. The number of carbonyl (C=O) groups excluding carboxylic acids is 2. The molecule has 1 aromatic heterocycles. The van der Waals surface area contributed by atoms with Crippen molar-refractivity contribution in [2.45, 2.75) is 26.6 Å². The summed E-state index contributed by atoms with van der Waals surface area (Å²) < 4.78 is 1.79. The minimum Gasteiger partial charge on any atom is -0.338 e. The van der Waals surface area contributed by atoms with E-state index in [1.54, 1.807) is 15.8 Å². The molecule has 2 aliphatic heterocycles. The van der Waals surface area contributed by atoms with E-state index in [4.69, 9.17) is 0 Å². The van der Waals surface area contributed by atoms with Crippen LogP contribution in [0.25, 0.3) is 0 Å². The van der Waals surface area contributed by atoms with Crippen LogP contribution >= 0.6 is 0 Å². The molecule has 0 aliphatic carbocycles. The Kier molecular flexibility index (Phi) is 7.43. The number of hydrogen-bond donors (Lipinski definition) is 2. The highest BCUT2D eigenvalue weighted by molar-refractivity contribution is 6.08. The Hall–Kier alpha value is -4.63. The number of nitrogens with zero attached hydrogens (tertiary/aromatic N) is 5. The van der Waals surface area contributed by atoms with Crippen LogP contribution in [0.4, 0.5) is 22.0 Å². The number of carbonyl (C=O) groups is 2. The zero-order chi connectivity index (χ0) is 28.3. The van der Waals surface area contributed by atoms with Crippen molar-refractivity contribution in [3.05, 3.63) is 107 Å². The van der Waals surface area contributed by atoms with Crippen molar-refractivity contribution in [2.75, 3.05) is 36.4 Å². The lowest BCUT2D eigenvalue weighted by atomic mass is 10.0. The molecule has 0 saturated carbocycles. The lowest BCUT2D eigenvalue weighted by molar-refractivity contribution is 0.0985. The summed E-state index contributed by atoms with van der Waals surface area (Å²) in [6.45, 7) is 6.84. The van der Waals surface area contributed by atoms with Gasteiger partial charge in [-0.3, -0.25) is 14.4 Å². The highest BCUT2D eigenvalue weighted by Gasteiger charge is 2.27. The van der Waals surface area contributed by atoms with Gasteiger partial charge in [0.15, 0.2) is 0 Å². The molecule has 41 heavy (non-hydrogen) atoms. The minimum absolute atomic E-state index is 0.0511. The molecule has 3 aromatic carbocycles. The fourth-order valence-electron chi connectivity index (χ4n) is 5.56. The molecule has 3 amide bonds. The van der Waals surface area contributed by atoms with Crippen molar-refractivity contribution in [2.24, 2.45) is 7.05 Å². The third-order valence-corrected chi connectivity index (χ3v) is 7.96. The monoisotopic (exact) mass is 549 g/mol. The highest BCUT2D eigenvalue weighted by atomic mass is 16.2. The number of benzene rings is 3. The normalized spacial score (nSPS) is 15.0. The molecule has 6 rings (SSSR count). The van der Waals surface area contributed by atoms with Crippen molar-refractivity contribution in [1.29, 1.82) is 0 Å². The predicted octanol–water partition coefficient (Wildman–Crippen LogP) is 4.66. The quantitative estimate of drug-likeness (QED) is 0.378. The lowest BCUT2D eigenvalue weighted by Gasteiger charge is -2.34. The number of hydrogen-bond acceptors (Lipinski definition) is 5. The van der Waals surface area contributed by atoms with Crippen LogP contribution < -0.4 is 15.5 Å². The van der Waals surface area contributed by atoms with Crippen LogP contribution in [0.2, 0.25) is 0 Å². The molecule has 0 bridgehead atoms. The number of nitrogens with one attached hydrogen (secondary N) is 2. The second-order valence-electron chi connectivity index (χ2n) is 10.7. The summed E-state index contributed by atoms with van der Waals surface area (Å²) in [5.41, 5.74) is 6.49. The number of piperazine rings is 1. The van der Waals surface area contributed by atoms with E-state index in [0.29, 0.717) is 31.7 Å². The number of para-hydroxylation sites is 2. The van der Waals surface area contributed by atoms with E-state index in [1.807, 2.05) is 67.4 Å². The summed E-state index contributed by atoms with van der Waals surface area (Å²) in [5.74, 6) is 0.802. The molecule has 0 atom stereocenters. The second-order valence-corrected chi connectivity index (χ2v) is 10.7. The summed E-state index contributed by atoms with van der Waals surface area (Å²) in [6.07, 6.45) is 1.80. The van der Waals surface area contributed by atoms with Crippen LogP contribution in [-0.2, 0) is 26.7 Å². The Balaban J connectivity index is 1.08. The van der Waals surface area contributed by atoms with Crippen LogP contribution in [0, 0.1) is 6.92 Å². The average molecular weight is 550 g/mol. The van der Waals surface area contributed by atoms with E-state index in [0.717, 1.165) is 53.5 Å². The second kappa shape index (κ2) is 11.5. The van der Waals surface area contributed by atoms with Gasteiger partial charge in [-0.1, -0.05) is 48.5 Å². The first-order valence-corrected chi connectivity index (χ1v) is 14.0. The van der Waals surface area contributed by atoms with Gasteiger partial charge in [0.1, 0.15) is 5.82 Å². The Morgan fingerprint density at radius 1 is 0.951 bits per heavy atom. The van der Waals surface area contributed by atoms with E-state index < -0.39 is 0 Å². The third kappa shape index (κ3) is 5.67. The van der Waals surface area contributed by atoms with Crippen LogP contribution in [0.5, 0.6) is 0 Å². The maximum atomic E-state index is 13.8. The number of anilines is 3. The molecule has 3 heterocycles. The third-order valence-electron chi connectivity index (χ3n) is 7.96. The van der Waals surface area contributed by atoms with E-state index in [-0.39, 0.29) is 11.9 Å². The zero-order valence-corrected chi connectivity index (χ0v) is 23.5. The molecule has 2 aliphatic rings. The molecule has 2 N–H and O–H groups in total. The molecule has 9 heteroatoms. The summed E-state index contributed by atoms with van der Waals surface area (Å²) in [6, 6.07) is 23.9. The summed E-state index contributed by atoms with van der Waals surface area (Å²) in [7, 11) is 1.89. The molecule has 1 saturated heterocycles. The van der Waals surface area contributed by atoms with Crippen LogP contribution in [-0.4, -0.2) is 57.7 Å². The fraction of sp³-hybridized carbons (Fsp3) is 0.281. The van der Waals surface area contributed by atoms with Gasteiger partial charge in [-0.2, -0.15) is 5.10 Å². The van der Waals surface area contributed by atoms with Crippen LogP contribution in [0.15, 0.2) is 79.0 Å². The first kappa shape index (κ1) is 26.6. The lowest BCUT2D eigenvalue weighted by Crippen LogP contribution is -2.51. The Labute approximate surface area is 240 Å². The molecular weight excluding hydrogens is 514 g/mol. The fourth-order valence-corrected chi connectivity index (χ4v) is 5.56. The smallest absolute Gasteiger partial charge is 0.317 e. The molecule has 4 aromatic rings. The molecule has 0 spiro atoms. The number of aromatic nitrogens is 2. The Morgan fingerprint density at radius 2 is 1.71 bits per heavy atom. The van der Waals surface area contributed by atoms with Gasteiger partial charge in [-0.25, -0.2) is 4.79 Å². The van der Waals surface area contributed by atoms with Gasteiger partial charge in [0, 0.05) is 57.4 Å². The van der Waals surface area contributed by atoms with Crippen molar-refractivity contribution in [3.63, 3.8) is 0 Å². The number of amides is 3. The number of fused-ring (bicyclic) bond motifs is 2. The van der Waals surface area contributed by atoms with Crippen molar-refractivity contribution >= 4 is 29.1 Å². The topological polar surface area (TPSA) is 85.7 Å². The van der Waals surface area contributed by atoms with E-state index in [9.17, 15) is 9.59 Å². The maximum absolute atomic E-state index is 13.8. The van der Waals surface area contributed by atoms with E-state index in [1.165, 1.54) is 5.56 Å². The largest absolute Gasteiger partial charge is 0.338 e. The summed E-state index contributed by atoms with van der Waals surface area (Å²) in [5, 5.41) is 10.9. The molecule has 0 unspecified atom stereocenters. The van der Waals surface area contributed by atoms with Gasteiger partial charge >= 0.3 is 6.03 Å². The zero-order valence-electron chi connectivity index (χ0n) is 23.5. The van der Waals surface area contributed by atoms with E-state index >= 15 is 0 Å². The Morgan fingerprint density at radius 3 is 2.49 bits per heavy atom. The number of rotatable bonds is 5. The van der Waals surface area contributed by atoms with Gasteiger partial charge in [0.2, 0.25) is 0 Å². The van der Waals surface area contributed by atoms with Gasteiger partial charge in [0.25, 0.3) is 5.91 Å². The molecule has 0 radical (unpaired) electrons. The van der Waals surface area contributed by atoms with Crippen molar-refractivity contribution in [3.8, 4) is 0 Å². The standard InChI is InChI=1S/C32H35N7O2/c1-23-18-25(31(40)39-22-27-20-34-36(2)30(27)35-28-10-6-7-11-29(28)39)12-13-26(23)19-33-32(41)38-16-14-37(15-17-38)21-24-8-4-3-5-9-24/h3-13,18,20,35H,14-17,19,21-22H2,1-2H3,(H,33,41). The summed E-state index contributed by atoms with van der Waals surface area (Å²) >= 11 is 0. The minimum atomic E-state index is -0.0805. The van der Waals surface area contributed by atoms with Gasteiger partial charge in [-0.15, -0.1) is 0 Å². The van der Waals surface area contributed by atoms with Crippen molar-refractivity contribution < 1.29 is 9.59 Å². The average Bonchev–Trinajstić information content (AvgIpc) is 3.24. The molecular formula is C32H35N7O2. The van der Waals surface area contributed by atoms with E-state index in [2.05, 4.69) is 44.9 Å². The van der Waals surface area contributed by atoms with Crippen LogP contribution in [0.3, 0.4) is 0 Å². The molecule has 9 nitrogen and oxygen atoms in total. The van der Waals surface area contributed by atoms with Gasteiger partial charge in [-0.05, 0) is 47.9 Å². The van der Waals surface area contributed by atoms with Crippen LogP contribution in [0.1, 0.15) is 32.6 Å². The van der Waals surface area contributed by atoms with Crippen molar-refractivity contribution in [1.82, 2.24) is 24.9 Å². The first-order chi connectivity index (χ1) is 20.0. The predicted molar refractivity (Wildman–Crippen MR) is 160 cm³/mol. The molecule has 210 valence electrons. The highest BCUT2D eigenvalue weighted by Crippen LogP contribution is 2.36. The SMILES string of the molecule is Cc1cc(C(=O)N2Cc3cnn(C)c3Nc3ccccc32)ccc1CNC(=O)N1CCN(Cc2ccccc2)CC1. The number of urea groups is 1. The van der Waals surface area contributed by atoms with Gasteiger partial charge < -0.3 is 20.4 Å². The summed E-state index contributed by atoms with van der Waals surface area (Å²) in [4.78, 5) is 32.8. The maximum Gasteiger partial charge on any atom is 0.317 e. The number of aryl methyl sites for hydroxylation is 2.